The fourth-order valence-corrected chi connectivity index (χ4v) is 0.565. The van der Waals surface area contributed by atoms with Crippen LogP contribution in [0.1, 0.15) is 25.7 Å². The molecule has 0 aliphatic heterocycles. The van der Waals surface area contributed by atoms with Crippen LogP contribution in [0.15, 0.2) is 0 Å². The van der Waals surface area contributed by atoms with Crippen molar-refractivity contribution in [3.63, 3.8) is 0 Å². The van der Waals surface area contributed by atoms with Crippen molar-refractivity contribution in [2.45, 2.75) is 25.7 Å². The summed E-state index contributed by atoms with van der Waals surface area (Å²) in [5, 5.41) is 16.4. The van der Waals surface area contributed by atoms with Crippen LogP contribution in [0, 0.1) is 7.43 Å². The molecule has 0 bridgehead atoms. The van der Waals surface area contributed by atoms with Crippen molar-refractivity contribution in [1.29, 1.82) is 0 Å². The van der Waals surface area contributed by atoms with E-state index in [4.69, 9.17) is 10.2 Å². The molecule has 0 aliphatic rings. The SMILES string of the molecule is O=C(O)CCCCCO.[CH3+]. The minimum Gasteiger partial charge on any atom is -0.481 e. The van der Waals surface area contributed by atoms with E-state index in [9.17, 15) is 4.79 Å². The average Bonchev–Trinajstić information content (AvgIpc) is 1.80. The summed E-state index contributed by atoms with van der Waals surface area (Å²) in [6, 6.07) is 0. The summed E-state index contributed by atoms with van der Waals surface area (Å²) in [6.45, 7) is 0.166. The standard InChI is InChI=1S/C6H12O3.CH3/c7-5-3-1-2-4-6(8)9;/h7H,1-5H2,(H,8,9);1H3/q;+1. The third-order valence-corrected chi connectivity index (χ3v) is 1.05. The smallest absolute Gasteiger partial charge is 0.303 e. The normalized spacial score (nSPS) is 8.50. The van der Waals surface area contributed by atoms with Crippen molar-refractivity contribution in [3.8, 4) is 0 Å². The van der Waals surface area contributed by atoms with Crippen molar-refractivity contribution in [2.24, 2.45) is 0 Å². The average molecular weight is 147 g/mol. The molecular formula is C7H15O3+. The van der Waals surface area contributed by atoms with Gasteiger partial charge in [-0.15, -0.1) is 0 Å². The van der Waals surface area contributed by atoms with Crippen molar-refractivity contribution in [2.75, 3.05) is 6.61 Å². The lowest BCUT2D eigenvalue weighted by molar-refractivity contribution is -0.137. The Balaban J connectivity index is 0. The second-order valence-corrected chi connectivity index (χ2v) is 1.93. The van der Waals surface area contributed by atoms with E-state index in [0.717, 1.165) is 6.42 Å². The van der Waals surface area contributed by atoms with Gasteiger partial charge in [0.2, 0.25) is 0 Å². The number of rotatable bonds is 5. The molecule has 0 saturated heterocycles. The maximum absolute atomic E-state index is 9.90. The highest BCUT2D eigenvalue weighted by atomic mass is 16.4. The van der Waals surface area contributed by atoms with Crippen LogP contribution in [-0.4, -0.2) is 22.8 Å². The molecule has 3 nitrogen and oxygen atoms in total. The fraction of sp³-hybridized carbons (Fsp3) is 0.714. The van der Waals surface area contributed by atoms with E-state index in [0.29, 0.717) is 12.8 Å². The molecule has 0 rings (SSSR count). The highest BCUT2D eigenvalue weighted by Gasteiger charge is 1.94. The zero-order valence-corrected chi connectivity index (χ0v) is 6.34. The summed E-state index contributed by atoms with van der Waals surface area (Å²) in [5.74, 6) is -0.757. The topological polar surface area (TPSA) is 57.5 Å². The lowest BCUT2D eigenvalue weighted by Gasteiger charge is -1.92. The molecule has 2 N–H and O–H groups in total. The Morgan fingerprint density at radius 2 is 1.80 bits per heavy atom. The maximum atomic E-state index is 9.90. The molecule has 3 heteroatoms. The molecule has 0 radical (unpaired) electrons. The van der Waals surface area contributed by atoms with Gasteiger partial charge in [0.1, 0.15) is 0 Å². The lowest BCUT2D eigenvalue weighted by Crippen LogP contribution is -1.94. The Bertz CT molecular complexity index is 80.9. The Morgan fingerprint density at radius 1 is 1.20 bits per heavy atom. The molecule has 60 valence electrons. The van der Waals surface area contributed by atoms with E-state index in [1.54, 1.807) is 0 Å². The monoisotopic (exact) mass is 147 g/mol. The minimum absolute atomic E-state index is 0. The van der Waals surface area contributed by atoms with E-state index in [-0.39, 0.29) is 20.5 Å². The maximum Gasteiger partial charge on any atom is 0.303 e. The van der Waals surface area contributed by atoms with Crippen LogP contribution in [0.2, 0.25) is 0 Å². The largest absolute Gasteiger partial charge is 0.481 e. The van der Waals surface area contributed by atoms with Gasteiger partial charge < -0.3 is 10.2 Å². The van der Waals surface area contributed by atoms with Gasteiger partial charge in [-0.3, -0.25) is 4.79 Å². The van der Waals surface area contributed by atoms with E-state index >= 15 is 0 Å². The number of aliphatic hydroxyl groups excluding tert-OH is 1. The van der Waals surface area contributed by atoms with Crippen LogP contribution >= 0.6 is 0 Å². The molecule has 0 aromatic heterocycles. The first-order valence-corrected chi connectivity index (χ1v) is 3.10. The van der Waals surface area contributed by atoms with Crippen molar-refractivity contribution in [3.05, 3.63) is 7.43 Å². The highest BCUT2D eigenvalue weighted by molar-refractivity contribution is 5.66. The predicted octanol–water partition coefficient (Wildman–Crippen LogP) is 1.07. The van der Waals surface area contributed by atoms with Gasteiger partial charge in [-0.1, -0.05) is 6.42 Å². The molecule has 0 heterocycles. The van der Waals surface area contributed by atoms with E-state index < -0.39 is 5.97 Å². The van der Waals surface area contributed by atoms with Gasteiger partial charge in [0.05, 0.1) is 0 Å². The first kappa shape index (κ1) is 12.0. The first-order valence-electron chi connectivity index (χ1n) is 3.10. The minimum atomic E-state index is -0.757. The quantitative estimate of drug-likeness (QED) is 0.452. The third-order valence-electron chi connectivity index (χ3n) is 1.05. The van der Waals surface area contributed by atoms with E-state index in [1.807, 2.05) is 0 Å². The predicted molar refractivity (Wildman–Crippen MR) is 39.6 cm³/mol. The first-order chi connectivity index (χ1) is 4.27. The van der Waals surface area contributed by atoms with Gasteiger partial charge in [0.15, 0.2) is 0 Å². The number of hydrogen-bond donors (Lipinski definition) is 2. The number of carboxylic acids is 1. The fourth-order valence-electron chi connectivity index (χ4n) is 0.565. The van der Waals surface area contributed by atoms with Crippen LogP contribution in [0.5, 0.6) is 0 Å². The molecule has 0 unspecified atom stereocenters. The highest BCUT2D eigenvalue weighted by Crippen LogP contribution is 1.97. The summed E-state index contributed by atoms with van der Waals surface area (Å²) in [6.07, 6.45) is 2.42. The number of carbonyl (C=O) groups is 1. The Morgan fingerprint density at radius 3 is 2.20 bits per heavy atom. The van der Waals surface area contributed by atoms with Gasteiger partial charge in [0, 0.05) is 20.5 Å². The summed E-state index contributed by atoms with van der Waals surface area (Å²) >= 11 is 0. The summed E-state index contributed by atoms with van der Waals surface area (Å²) in [4.78, 5) is 9.90. The zero-order chi connectivity index (χ0) is 7.11. The van der Waals surface area contributed by atoms with Crippen LogP contribution in [-0.2, 0) is 4.79 Å². The second kappa shape index (κ2) is 8.30. The van der Waals surface area contributed by atoms with Crippen LogP contribution in [0.4, 0.5) is 0 Å². The van der Waals surface area contributed by atoms with Crippen molar-refractivity contribution in [1.82, 2.24) is 0 Å². The molecule has 0 aromatic carbocycles. The van der Waals surface area contributed by atoms with Crippen molar-refractivity contribution < 1.29 is 15.0 Å². The molecule has 0 amide bonds. The molecule has 0 saturated carbocycles. The Kier molecular flexibility index (Phi) is 9.98. The number of aliphatic carboxylic acids is 1. The Labute approximate surface area is 61.7 Å². The van der Waals surface area contributed by atoms with E-state index in [1.165, 1.54) is 0 Å². The Hall–Kier alpha value is -0.700. The molecule has 0 aromatic rings. The number of unbranched alkanes of at least 4 members (excludes halogenated alkanes) is 2. The van der Waals surface area contributed by atoms with Gasteiger partial charge in [0.25, 0.3) is 0 Å². The summed E-state index contributed by atoms with van der Waals surface area (Å²) < 4.78 is 0. The summed E-state index contributed by atoms with van der Waals surface area (Å²) in [5.41, 5.74) is 0. The lowest BCUT2D eigenvalue weighted by atomic mass is 10.2. The molecule has 0 spiro atoms. The summed E-state index contributed by atoms with van der Waals surface area (Å²) in [7, 11) is 0. The van der Waals surface area contributed by atoms with Crippen LogP contribution in [0.3, 0.4) is 0 Å². The molecule has 0 fully saturated rings. The van der Waals surface area contributed by atoms with Gasteiger partial charge in [-0.2, -0.15) is 0 Å². The van der Waals surface area contributed by atoms with Crippen LogP contribution in [0.25, 0.3) is 0 Å². The van der Waals surface area contributed by atoms with Gasteiger partial charge in [-0.25, -0.2) is 0 Å². The molecule has 0 aliphatic carbocycles. The van der Waals surface area contributed by atoms with Crippen molar-refractivity contribution >= 4 is 5.97 Å². The molecular weight excluding hydrogens is 132 g/mol. The number of carboxylic acid groups (broad SMARTS) is 1. The second-order valence-electron chi connectivity index (χ2n) is 1.93. The number of aliphatic hydroxyl groups is 1. The number of hydrogen-bond acceptors (Lipinski definition) is 2. The zero-order valence-electron chi connectivity index (χ0n) is 6.34. The molecule has 0 atom stereocenters. The van der Waals surface area contributed by atoms with E-state index in [2.05, 4.69) is 0 Å². The third kappa shape index (κ3) is 10.3. The van der Waals surface area contributed by atoms with Gasteiger partial charge >= 0.3 is 5.97 Å². The van der Waals surface area contributed by atoms with Gasteiger partial charge in [-0.05, 0) is 12.8 Å². The molecule has 10 heavy (non-hydrogen) atoms. The van der Waals surface area contributed by atoms with Crippen LogP contribution < -0.4 is 0 Å².